The fourth-order valence-electron chi connectivity index (χ4n) is 1.31. The van der Waals surface area contributed by atoms with Gasteiger partial charge in [-0.05, 0) is 0 Å². The van der Waals surface area contributed by atoms with Gasteiger partial charge in [0.25, 0.3) is 0 Å². The quantitative estimate of drug-likeness (QED) is 0.307. The van der Waals surface area contributed by atoms with Gasteiger partial charge in [-0.25, -0.2) is 0 Å². The number of rotatable bonds is 3. The van der Waals surface area contributed by atoms with Crippen LogP contribution in [0.2, 0.25) is 0 Å². The van der Waals surface area contributed by atoms with Gasteiger partial charge in [0.1, 0.15) is 24.4 Å². The molecule has 82 valence electrons. The maximum absolute atomic E-state index is 10.1. The van der Waals surface area contributed by atoms with Crippen LogP contribution in [0.3, 0.4) is 0 Å². The molecule has 0 bridgehead atoms. The molecule has 0 aliphatic carbocycles. The number of aliphatic hydroxyl groups excluding tert-OH is 4. The van der Waals surface area contributed by atoms with E-state index >= 15 is 0 Å². The van der Waals surface area contributed by atoms with Crippen molar-refractivity contribution in [3.8, 4) is 0 Å². The summed E-state index contributed by atoms with van der Waals surface area (Å²) in [5, 5.41) is 38.8. The van der Waals surface area contributed by atoms with Gasteiger partial charge in [-0.1, -0.05) is 0 Å². The topological polar surface area (TPSA) is 119 Å². The van der Waals surface area contributed by atoms with Crippen LogP contribution < -0.4 is 5.32 Å². The minimum Gasteiger partial charge on any atom is -0.394 e. The van der Waals surface area contributed by atoms with E-state index in [4.69, 9.17) is 9.84 Å². The van der Waals surface area contributed by atoms with E-state index in [0.29, 0.717) is 6.41 Å². The van der Waals surface area contributed by atoms with Crippen molar-refractivity contribution >= 4 is 6.41 Å². The standard InChI is InChI=1S/C7H13NO6/c9-1-3-4(11)5(12)6(13)7(14-3)8-2-10/h2-7,9,11-13H,1H2,(H,8,10)/t3-,4-,5+,6-,7-/m1/s1. The van der Waals surface area contributed by atoms with Crippen LogP contribution in [-0.2, 0) is 9.53 Å². The molecule has 7 heteroatoms. The van der Waals surface area contributed by atoms with Gasteiger partial charge in [0.05, 0.1) is 6.61 Å². The normalized spacial score (nSPS) is 43.3. The fraction of sp³-hybridized carbons (Fsp3) is 0.857. The highest BCUT2D eigenvalue weighted by Crippen LogP contribution is 2.19. The Labute approximate surface area is 79.9 Å². The zero-order chi connectivity index (χ0) is 10.7. The molecule has 0 unspecified atom stereocenters. The molecule has 7 nitrogen and oxygen atoms in total. The number of carbonyl (C=O) groups excluding carboxylic acids is 1. The number of amides is 1. The maximum atomic E-state index is 10.1. The first kappa shape index (κ1) is 11.3. The number of nitrogens with one attached hydrogen (secondary N) is 1. The van der Waals surface area contributed by atoms with Crippen LogP contribution >= 0.6 is 0 Å². The minimum atomic E-state index is -1.46. The largest absolute Gasteiger partial charge is 0.394 e. The van der Waals surface area contributed by atoms with Crippen molar-refractivity contribution < 1.29 is 30.0 Å². The van der Waals surface area contributed by atoms with Crippen LogP contribution in [0.15, 0.2) is 0 Å². The molecule has 5 N–H and O–H groups in total. The van der Waals surface area contributed by atoms with Gasteiger partial charge >= 0.3 is 0 Å². The van der Waals surface area contributed by atoms with Crippen LogP contribution in [0.4, 0.5) is 0 Å². The number of carbonyl (C=O) groups is 1. The van der Waals surface area contributed by atoms with E-state index in [-0.39, 0.29) is 0 Å². The molecule has 14 heavy (non-hydrogen) atoms. The van der Waals surface area contributed by atoms with Gasteiger partial charge in [-0.15, -0.1) is 0 Å². The van der Waals surface area contributed by atoms with Crippen LogP contribution in [0.5, 0.6) is 0 Å². The molecule has 1 aliphatic heterocycles. The Bertz CT molecular complexity index is 199. The number of ether oxygens (including phenoxy) is 1. The summed E-state index contributed by atoms with van der Waals surface area (Å²) in [6, 6.07) is 0. The second kappa shape index (κ2) is 4.67. The predicted molar refractivity (Wildman–Crippen MR) is 43.0 cm³/mol. The maximum Gasteiger partial charge on any atom is 0.209 e. The Balaban J connectivity index is 2.67. The van der Waals surface area contributed by atoms with Crippen LogP contribution in [0.25, 0.3) is 0 Å². The third-order valence-corrected chi connectivity index (χ3v) is 2.12. The summed E-state index contributed by atoms with van der Waals surface area (Å²) in [7, 11) is 0. The summed E-state index contributed by atoms with van der Waals surface area (Å²) in [5.74, 6) is 0. The first-order valence-electron chi connectivity index (χ1n) is 4.12. The minimum absolute atomic E-state index is 0.298. The molecule has 5 atom stereocenters. The number of hydrogen-bond donors (Lipinski definition) is 5. The van der Waals surface area contributed by atoms with E-state index in [1.165, 1.54) is 0 Å². The second-order valence-electron chi connectivity index (χ2n) is 3.03. The summed E-state index contributed by atoms with van der Waals surface area (Å²) in [6.45, 7) is -0.512. The van der Waals surface area contributed by atoms with Crippen LogP contribution in [0.1, 0.15) is 0 Å². The van der Waals surface area contributed by atoms with Gasteiger partial charge in [0, 0.05) is 0 Å². The molecule has 0 spiro atoms. The molecule has 0 aromatic rings. The average molecular weight is 207 g/mol. The molecular formula is C7H13NO6. The Morgan fingerprint density at radius 1 is 1.21 bits per heavy atom. The molecular weight excluding hydrogens is 194 g/mol. The zero-order valence-corrected chi connectivity index (χ0v) is 7.28. The number of hydrogen-bond acceptors (Lipinski definition) is 6. The molecule has 1 fully saturated rings. The lowest BCUT2D eigenvalue weighted by atomic mass is 9.98. The highest BCUT2D eigenvalue weighted by Gasteiger charge is 2.43. The summed E-state index contributed by atoms with van der Waals surface area (Å²) in [5.41, 5.74) is 0. The third-order valence-electron chi connectivity index (χ3n) is 2.12. The van der Waals surface area contributed by atoms with Gasteiger partial charge in [0.15, 0.2) is 6.23 Å². The Kier molecular flexibility index (Phi) is 3.78. The van der Waals surface area contributed by atoms with Gasteiger partial charge < -0.3 is 30.5 Å². The molecule has 0 aromatic heterocycles. The van der Waals surface area contributed by atoms with Gasteiger partial charge in [0.2, 0.25) is 6.41 Å². The predicted octanol–water partition coefficient (Wildman–Crippen LogP) is -3.47. The van der Waals surface area contributed by atoms with E-state index in [1.807, 2.05) is 0 Å². The summed E-state index contributed by atoms with van der Waals surface area (Å²) in [6.07, 6.45) is -6.10. The first-order valence-corrected chi connectivity index (χ1v) is 4.12. The van der Waals surface area contributed by atoms with E-state index < -0.39 is 37.3 Å². The third kappa shape index (κ3) is 2.02. The highest BCUT2D eigenvalue weighted by atomic mass is 16.6. The van der Waals surface area contributed by atoms with E-state index in [9.17, 15) is 20.1 Å². The first-order chi connectivity index (χ1) is 6.61. The summed E-state index contributed by atoms with van der Waals surface area (Å²) >= 11 is 0. The van der Waals surface area contributed by atoms with E-state index in [0.717, 1.165) is 0 Å². The van der Waals surface area contributed by atoms with E-state index in [2.05, 4.69) is 5.32 Å². The molecule has 0 saturated carbocycles. The molecule has 0 radical (unpaired) electrons. The van der Waals surface area contributed by atoms with Crippen molar-refractivity contribution in [1.29, 1.82) is 0 Å². The lowest BCUT2D eigenvalue weighted by Crippen LogP contribution is -2.62. The van der Waals surface area contributed by atoms with Crippen molar-refractivity contribution in [3.63, 3.8) is 0 Å². The number of aliphatic hydroxyl groups is 4. The highest BCUT2D eigenvalue weighted by molar-refractivity contribution is 5.46. The van der Waals surface area contributed by atoms with Crippen molar-refractivity contribution in [2.24, 2.45) is 0 Å². The second-order valence-corrected chi connectivity index (χ2v) is 3.03. The fourth-order valence-corrected chi connectivity index (χ4v) is 1.31. The Hall–Kier alpha value is -0.730. The zero-order valence-electron chi connectivity index (χ0n) is 7.28. The van der Waals surface area contributed by atoms with Crippen molar-refractivity contribution in [2.45, 2.75) is 30.6 Å². The summed E-state index contributed by atoms with van der Waals surface area (Å²) in [4.78, 5) is 10.1. The van der Waals surface area contributed by atoms with Crippen molar-refractivity contribution in [1.82, 2.24) is 5.32 Å². The molecule has 0 aromatic carbocycles. The van der Waals surface area contributed by atoms with Gasteiger partial charge in [-0.3, -0.25) is 4.79 Å². The van der Waals surface area contributed by atoms with E-state index in [1.54, 1.807) is 0 Å². The van der Waals surface area contributed by atoms with Crippen LogP contribution in [-0.4, -0.2) is 64.1 Å². The lowest BCUT2D eigenvalue weighted by Gasteiger charge is -2.39. The van der Waals surface area contributed by atoms with Crippen LogP contribution in [0, 0.1) is 0 Å². The molecule has 1 rings (SSSR count). The Morgan fingerprint density at radius 2 is 1.86 bits per heavy atom. The molecule has 1 heterocycles. The monoisotopic (exact) mass is 207 g/mol. The summed E-state index contributed by atoms with van der Waals surface area (Å²) < 4.78 is 4.92. The lowest BCUT2D eigenvalue weighted by molar-refractivity contribution is -0.234. The molecule has 1 amide bonds. The van der Waals surface area contributed by atoms with Crippen molar-refractivity contribution in [2.75, 3.05) is 6.61 Å². The van der Waals surface area contributed by atoms with Crippen molar-refractivity contribution in [3.05, 3.63) is 0 Å². The smallest absolute Gasteiger partial charge is 0.209 e. The SMILES string of the molecule is O=CN[C@@H]1O[C@H](CO)[C@@H](O)[C@H](O)[C@H]1O. The Morgan fingerprint density at radius 3 is 2.36 bits per heavy atom. The molecule has 1 saturated heterocycles. The average Bonchev–Trinajstić information content (AvgIpc) is 2.19. The molecule has 1 aliphatic rings. The van der Waals surface area contributed by atoms with Gasteiger partial charge in [-0.2, -0.15) is 0 Å².